The van der Waals surface area contributed by atoms with Crippen LogP contribution in [0.3, 0.4) is 0 Å². The lowest BCUT2D eigenvalue weighted by atomic mass is 10.1. The van der Waals surface area contributed by atoms with E-state index in [1.54, 1.807) is 0 Å². The zero-order chi connectivity index (χ0) is 12.3. The van der Waals surface area contributed by atoms with E-state index in [0.717, 1.165) is 12.1 Å². The van der Waals surface area contributed by atoms with Gasteiger partial charge in [0.1, 0.15) is 5.75 Å². The number of carboxylic acids is 1. The van der Waals surface area contributed by atoms with Crippen LogP contribution in [0.1, 0.15) is 5.56 Å². The van der Waals surface area contributed by atoms with Crippen molar-refractivity contribution >= 4 is 29.2 Å². The number of alkyl halides is 2. The molecule has 1 rings (SSSR count). The van der Waals surface area contributed by atoms with Crippen molar-refractivity contribution in [2.45, 2.75) is 13.0 Å². The maximum atomic E-state index is 11.9. The maximum Gasteiger partial charge on any atom is 0.387 e. The number of ether oxygens (including phenoxy) is 1. The van der Waals surface area contributed by atoms with Crippen molar-refractivity contribution in [2.75, 3.05) is 0 Å². The van der Waals surface area contributed by atoms with Crippen LogP contribution in [0, 0.1) is 0 Å². The fourth-order valence-electron chi connectivity index (χ4n) is 1.08. The number of aliphatic carboxylic acids is 1. The molecule has 0 unspecified atom stereocenters. The van der Waals surface area contributed by atoms with E-state index in [2.05, 4.69) is 4.74 Å². The minimum atomic E-state index is -3.00. The van der Waals surface area contributed by atoms with Crippen molar-refractivity contribution in [3.8, 4) is 5.75 Å². The van der Waals surface area contributed by atoms with Gasteiger partial charge in [-0.05, 0) is 11.6 Å². The standard InChI is InChI=1S/C9H6Cl2F2O3/c10-6-3-5(16-9(12)13)1-4(8(6)11)2-7(14)15/h1,3,9H,2H2,(H,14,15). The first-order valence-corrected chi connectivity index (χ1v) is 4.80. The first kappa shape index (κ1) is 13.0. The summed E-state index contributed by atoms with van der Waals surface area (Å²) in [6, 6.07) is 2.22. The third kappa shape index (κ3) is 3.50. The second-order valence-corrected chi connectivity index (χ2v) is 3.61. The number of carboxylic acid groups (broad SMARTS) is 1. The van der Waals surface area contributed by atoms with Crippen LogP contribution in [0.5, 0.6) is 5.75 Å². The SMILES string of the molecule is O=C(O)Cc1cc(OC(F)F)cc(Cl)c1Cl. The van der Waals surface area contributed by atoms with E-state index in [1.807, 2.05) is 0 Å². The summed E-state index contributed by atoms with van der Waals surface area (Å²) in [4.78, 5) is 10.5. The molecule has 0 saturated carbocycles. The smallest absolute Gasteiger partial charge is 0.387 e. The largest absolute Gasteiger partial charge is 0.481 e. The van der Waals surface area contributed by atoms with Gasteiger partial charge in [-0.15, -0.1) is 0 Å². The fourth-order valence-corrected chi connectivity index (χ4v) is 1.49. The van der Waals surface area contributed by atoms with E-state index in [-0.39, 0.29) is 21.4 Å². The van der Waals surface area contributed by atoms with Crippen LogP contribution in [0.25, 0.3) is 0 Å². The Labute approximate surface area is 99.5 Å². The molecular weight excluding hydrogens is 265 g/mol. The van der Waals surface area contributed by atoms with Gasteiger partial charge in [-0.1, -0.05) is 23.2 Å². The summed E-state index contributed by atoms with van der Waals surface area (Å²) in [5.41, 5.74) is 0.123. The number of carbonyl (C=O) groups is 1. The van der Waals surface area contributed by atoms with Crippen molar-refractivity contribution in [2.24, 2.45) is 0 Å². The highest BCUT2D eigenvalue weighted by molar-refractivity contribution is 6.42. The molecule has 1 N–H and O–H groups in total. The third-order valence-corrected chi connectivity index (χ3v) is 2.49. The summed E-state index contributed by atoms with van der Waals surface area (Å²) in [5, 5.41) is 8.55. The number of hydrogen-bond donors (Lipinski definition) is 1. The molecule has 0 aliphatic carbocycles. The summed E-state index contributed by atoms with van der Waals surface area (Å²) in [7, 11) is 0. The molecule has 0 atom stereocenters. The molecule has 0 spiro atoms. The predicted octanol–water partition coefficient (Wildman–Crippen LogP) is 3.22. The van der Waals surface area contributed by atoms with Gasteiger partial charge < -0.3 is 9.84 Å². The lowest BCUT2D eigenvalue weighted by Gasteiger charge is -2.09. The Morgan fingerprint density at radius 2 is 2.06 bits per heavy atom. The van der Waals surface area contributed by atoms with E-state index >= 15 is 0 Å². The Morgan fingerprint density at radius 1 is 1.44 bits per heavy atom. The average molecular weight is 271 g/mol. The van der Waals surface area contributed by atoms with Crippen molar-refractivity contribution in [3.63, 3.8) is 0 Å². The summed E-state index contributed by atoms with van der Waals surface area (Å²) in [5.74, 6) is -1.37. The highest BCUT2D eigenvalue weighted by Crippen LogP contribution is 2.31. The molecule has 3 nitrogen and oxygen atoms in total. The Bertz CT molecular complexity index is 410. The summed E-state index contributed by atoms with van der Waals surface area (Å²) in [6.07, 6.45) is -0.418. The summed E-state index contributed by atoms with van der Waals surface area (Å²) >= 11 is 11.3. The molecule has 0 saturated heterocycles. The summed E-state index contributed by atoms with van der Waals surface area (Å²) < 4.78 is 28.0. The molecule has 0 radical (unpaired) electrons. The first-order chi connectivity index (χ1) is 7.40. The van der Waals surface area contributed by atoms with Crippen molar-refractivity contribution < 1.29 is 23.4 Å². The van der Waals surface area contributed by atoms with E-state index in [4.69, 9.17) is 28.3 Å². The van der Waals surface area contributed by atoms with Gasteiger partial charge in [-0.3, -0.25) is 4.79 Å². The summed E-state index contributed by atoms with van der Waals surface area (Å²) in [6.45, 7) is -3.00. The Morgan fingerprint density at radius 3 is 2.56 bits per heavy atom. The quantitative estimate of drug-likeness (QED) is 0.914. The fraction of sp³-hybridized carbons (Fsp3) is 0.222. The Kier molecular flexibility index (Phi) is 4.32. The number of hydrogen-bond acceptors (Lipinski definition) is 2. The van der Waals surface area contributed by atoms with E-state index in [1.165, 1.54) is 0 Å². The Hall–Kier alpha value is -1.07. The Balaban J connectivity index is 3.06. The van der Waals surface area contributed by atoms with Gasteiger partial charge in [0, 0.05) is 6.07 Å². The average Bonchev–Trinajstić information content (AvgIpc) is 2.11. The highest BCUT2D eigenvalue weighted by atomic mass is 35.5. The van der Waals surface area contributed by atoms with E-state index < -0.39 is 19.0 Å². The van der Waals surface area contributed by atoms with Crippen LogP contribution in [-0.4, -0.2) is 17.7 Å². The second kappa shape index (κ2) is 5.32. The van der Waals surface area contributed by atoms with Gasteiger partial charge >= 0.3 is 12.6 Å². The van der Waals surface area contributed by atoms with Crippen molar-refractivity contribution in [1.82, 2.24) is 0 Å². The molecule has 16 heavy (non-hydrogen) atoms. The number of rotatable bonds is 4. The minimum absolute atomic E-state index is 0.0192. The van der Waals surface area contributed by atoms with Crippen LogP contribution < -0.4 is 4.74 Å². The van der Waals surface area contributed by atoms with Crippen molar-refractivity contribution in [3.05, 3.63) is 27.7 Å². The van der Waals surface area contributed by atoms with Gasteiger partial charge in [0.2, 0.25) is 0 Å². The molecule has 0 bridgehead atoms. The van der Waals surface area contributed by atoms with E-state index in [0.29, 0.717) is 0 Å². The third-order valence-electron chi connectivity index (χ3n) is 1.64. The van der Waals surface area contributed by atoms with Gasteiger partial charge in [0.05, 0.1) is 16.5 Å². The highest BCUT2D eigenvalue weighted by Gasteiger charge is 2.13. The normalized spacial score (nSPS) is 10.6. The van der Waals surface area contributed by atoms with Crippen LogP contribution in [0.15, 0.2) is 12.1 Å². The van der Waals surface area contributed by atoms with Gasteiger partial charge in [0.25, 0.3) is 0 Å². The molecule has 1 aromatic carbocycles. The lowest BCUT2D eigenvalue weighted by Crippen LogP contribution is -2.05. The lowest BCUT2D eigenvalue weighted by molar-refractivity contribution is -0.136. The molecule has 7 heteroatoms. The zero-order valence-corrected chi connectivity index (χ0v) is 9.23. The van der Waals surface area contributed by atoms with Crippen molar-refractivity contribution in [1.29, 1.82) is 0 Å². The first-order valence-electron chi connectivity index (χ1n) is 4.04. The second-order valence-electron chi connectivity index (χ2n) is 2.83. The van der Waals surface area contributed by atoms with Crippen LogP contribution in [-0.2, 0) is 11.2 Å². The molecule has 0 aliphatic rings. The van der Waals surface area contributed by atoms with Gasteiger partial charge in [0.15, 0.2) is 0 Å². The molecular formula is C9H6Cl2F2O3. The molecule has 0 fully saturated rings. The zero-order valence-electron chi connectivity index (χ0n) is 7.71. The molecule has 1 aromatic rings. The monoisotopic (exact) mass is 270 g/mol. The van der Waals surface area contributed by atoms with Crippen LogP contribution in [0.4, 0.5) is 8.78 Å². The minimum Gasteiger partial charge on any atom is -0.481 e. The molecule has 0 amide bonds. The molecule has 0 heterocycles. The van der Waals surface area contributed by atoms with Gasteiger partial charge in [-0.25, -0.2) is 0 Å². The molecule has 88 valence electrons. The number of benzene rings is 1. The van der Waals surface area contributed by atoms with E-state index in [9.17, 15) is 13.6 Å². The van der Waals surface area contributed by atoms with Crippen LogP contribution >= 0.6 is 23.2 Å². The molecule has 0 aliphatic heterocycles. The topological polar surface area (TPSA) is 46.5 Å². The number of halogens is 4. The predicted molar refractivity (Wildman–Crippen MR) is 54.4 cm³/mol. The molecule has 0 aromatic heterocycles. The maximum absolute atomic E-state index is 11.9. The van der Waals surface area contributed by atoms with Gasteiger partial charge in [-0.2, -0.15) is 8.78 Å². The van der Waals surface area contributed by atoms with Crippen LogP contribution in [0.2, 0.25) is 10.0 Å².